The van der Waals surface area contributed by atoms with E-state index in [0.29, 0.717) is 18.0 Å². The number of ketones is 1. The maximum absolute atomic E-state index is 12.9. The van der Waals surface area contributed by atoms with Crippen molar-refractivity contribution in [3.63, 3.8) is 0 Å². The second kappa shape index (κ2) is 8.10. The first-order chi connectivity index (χ1) is 14.1. The summed E-state index contributed by atoms with van der Waals surface area (Å²) in [6.45, 7) is 7.21. The average Bonchev–Trinajstić information content (AvgIpc) is 2.96. The molecule has 0 atom stereocenters. The number of rotatable bonds is 6. The van der Waals surface area contributed by atoms with Crippen LogP contribution >= 0.6 is 0 Å². The Hall–Kier alpha value is -3.48. The Balaban J connectivity index is 1.80. The zero-order valence-electron chi connectivity index (χ0n) is 17.4. The highest BCUT2D eigenvalue weighted by molar-refractivity contribution is 6.34. The number of benzene rings is 2. The van der Waals surface area contributed by atoms with Crippen molar-refractivity contribution in [1.29, 1.82) is 0 Å². The molecule has 0 fully saturated rings. The summed E-state index contributed by atoms with van der Waals surface area (Å²) >= 11 is 0. The molecule has 0 aliphatic carbocycles. The molecular formula is C23H23NO6. The molecule has 0 radical (unpaired) electrons. The van der Waals surface area contributed by atoms with Crippen LogP contribution in [0, 0.1) is 5.41 Å². The predicted octanol–water partition coefficient (Wildman–Crippen LogP) is 3.66. The molecular weight excluding hydrogens is 386 g/mol. The number of hydrogen-bond donors (Lipinski definition) is 0. The predicted molar refractivity (Wildman–Crippen MR) is 110 cm³/mol. The third-order valence-corrected chi connectivity index (χ3v) is 4.70. The molecule has 0 unspecified atom stereocenters. The summed E-state index contributed by atoms with van der Waals surface area (Å²) in [5.41, 5.74) is 0.204. The second-order valence-corrected chi connectivity index (χ2v) is 7.88. The molecule has 0 bridgehead atoms. The summed E-state index contributed by atoms with van der Waals surface area (Å²) in [5, 5.41) is 0. The van der Waals surface area contributed by atoms with E-state index in [1.807, 2.05) is 6.92 Å². The first-order valence-corrected chi connectivity index (χ1v) is 9.59. The van der Waals surface area contributed by atoms with Gasteiger partial charge in [0.1, 0.15) is 5.75 Å². The van der Waals surface area contributed by atoms with Gasteiger partial charge in [-0.2, -0.15) is 0 Å². The molecule has 156 valence electrons. The molecule has 0 saturated heterocycles. The highest BCUT2D eigenvalue weighted by Crippen LogP contribution is 2.30. The summed E-state index contributed by atoms with van der Waals surface area (Å²) in [7, 11) is 0. The standard InChI is InChI=1S/C23H23NO6/c1-5-29-16-9-7-15(8-10-16)24-20(26)17-11-6-14(12-18(17)21(24)27)22(28)30-13-19(25)23(2,3)4/h6-12H,5,13H2,1-4H3. The SMILES string of the molecule is CCOc1ccc(N2C(=O)c3ccc(C(=O)OCC(=O)C(C)(C)C)cc3C2=O)cc1. The molecule has 2 aromatic carbocycles. The monoisotopic (exact) mass is 409 g/mol. The largest absolute Gasteiger partial charge is 0.494 e. The molecule has 30 heavy (non-hydrogen) atoms. The number of Topliss-reactive ketones (excluding diaryl/α,β-unsaturated/α-hetero) is 1. The van der Waals surface area contributed by atoms with Gasteiger partial charge in [-0.05, 0) is 49.4 Å². The van der Waals surface area contributed by atoms with Crippen LogP contribution in [-0.2, 0) is 9.53 Å². The lowest BCUT2D eigenvalue weighted by atomic mass is 9.91. The van der Waals surface area contributed by atoms with Gasteiger partial charge in [-0.25, -0.2) is 9.69 Å². The van der Waals surface area contributed by atoms with Crippen LogP contribution in [0.2, 0.25) is 0 Å². The van der Waals surface area contributed by atoms with Crippen LogP contribution in [0.15, 0.2) is 42.5 Å². The quantitative estimate of drug-likeness (QED) is 0.534. The lowest BCUT2D eigenvalue weighted by molar-refractivity contribution is -0.129. The molecule has 0 N–H and O–H groups in total. The number of hydrogen-bond acceptors (Lipinski definition) is 6. The van der Waals surface area contributed by atoms with Gasteiger partial charge >= 0.3 is 5.97 Å². The molecule has 1 heterocycles. The summed E-state index contributed by atoms with van der Waals surface area (Å²) in [4.78, 5) is 50.9. The van der Waals surface area contributed by atoms with Crippen LogP contribution in [0.1, 0.15) is 58.8 Å². The van der Waals surface area contributed by atoms with Crippen molar-refractivity contribution in [1.82, 2.24) is 0 Å². The van der Waals surface area contributed by atoms with Crippen molar-refractivity contribution in [3.05, 3.63) is 59.2 Å². The number of fused-ring (bicyclic) bond motifs is 1. The van der Waals surface area contributed by atoms with E-state index in [9.17, 15) is 19.2 Å². The first-order valence-electron chi connectivity index (χ1n) is 9.59. The van der Waals surface area contributed by atoms with Gasteiger partial charge in [0.05, 0.1) is 29.0 Å². The summed E-state index contributed by atoms with van der Waals surface area (Å²) in [5.74, 6) is -1.31. The number of carbonyl (C=O) groups excluding carboxylic acids is 4. The van der Waals surface area contributed by atoms with Crippen molar-refractivity contribution >= 4 is 29.3 Å². The number of carbonyl (C=O) groups is 4. The maximum Gasteiger partial charge on any atom is 0.338 e. The highest BCUT2D eigenvalue weighted by Gasteiger charge is 2.37. The van der Waals surface area contributed by atoms with Crippen LogP contribution in [0.25, 0.3) is 0 Å². The minimum Gasteiger partial charge on any atom is -0.494 e. The molecule has 1 aliphatic rings. The maximum atomic E-state index is 12.9. The van der Waals surface area contributed by atoms with Crippen molar-refractivity contribution in [2.75, 3.05) is 18.1 Å². The Morgan fingerprint density at radius 3 is 2.17 bits per heavy atom. The molecule has 0 spiro atoms. The Bertz CT molecular complexity index is 1020. The molecule has 0 saturated carbocycles. The van der Waals surface area contributed by atoms with Crippen molar-refractivity contribution in [2.24, 2.45) is 5.41 Å². The van der Waals surface area contributed by atoms with Gasteiger partial charge in [-0.15, -0.1) is 0 Å². The normalized spacial score (nSPS) is 13.3. The van der Waals surface area contributed by atoms with E-state index < -0.39 is 23.2 Å². The second-order valence-electron chi connectivity index (χ2n) is 7.88. The van der Waals surface area contributed by atoms with Crippen molar-refractivity contribution < 1.29 is 28.7 Å². The third kappa shape index (κ3) is 4.10. The lowest BCUT2D eigenvalue weighted by Gasteiger charge is -2.16. The molecule has 1 aliphatic heterocycles. The molecule has 7 nitrogen and oxygen atoms in total. The molecule has 3 rings (SSSR count). The first kappa shape index (κ1) is 21.2. The minimum absolute atomic E-state index is 0.102. The fourth-order valence-corrected chi connectivity index (χ4v) is 2.89. The van der Waals surface area contributed by atoms with Crippen LogP contribution in [0.3, 0.4) is 0 Å². The highest BCUT2D eigenvalue weighted by atomic mass is 16.5. The van der Waals surface area contributed by atoms with E-state index in [4.69, 9.17) is 9.47 Å². The number of imide groups is 1. The third-order valence-electron chi connectivity index (χ3n) is 4.70. The number of ether oxygens (including phenoxy) is 2. The molecule has 7 heteroatoms. The summed E-state index contributed by atoms with van der Waals surface area (Å²) in [6.07, 6.45) is 0. The van der Waals surface area contributed by atoms with Gasteiger partial charge in [-0.1, -0.05) is 20.8 Å². The fraction of sp³-hybridized carbons (Fsp3) is 0.304. The summed E-state index contributed by atoms with van der Waals surface area (Å²) in [6, 6.07) is 10.8. The van der Waals surface area contributed by atoms with Crippen molar-refractivity contribution in [3.8, 4) is 5.75 Å². The van der Waals surface area contributed by atoms with E-state index in [1.54, 1.807) is 45.0 Å². The average molecular weight is 409 g/mol. The molecule has 2 aromatic rings. The van der Waals surface area contributed by atoms with Crippen LogP contribution in [0.4, 0.5) is 5.69 Å². The van der Waals surface area contributed by atoms with Crippen LogP contribution in [-0.4, -0.2) is 36.8 Å². The van der Waals surface area contributed by atoms with E-state index >= 15 is 0 Å². The topological polar surface area (TPSA) is 90.0 Å². The van der Waals surface area contributed by atoms with Gasteiger partial charge in [0.2, 0.25) is 0 Å². The van der Waals surface area contributed by atoms with E-state index in [1.165, 1.54) is 18.2 Å². The Kier molecular flexibility index (Phi) is 5.73. The van der Waals surface area contributed by atoms with Gasteiger partial charge in [-0.3, -0.25) is 14.4 Å². The number of anilines is 1. The zero-order valence-corrected chi connectivity index (χ0v) is 17.4. The van der Waals surface area contributed by atoms with Gasteiger partial charge in [0.25, 0.3) is 11.8 Å². The minimum atomic E-state index is -0.727. The van der Waals surface area contributed by atoms with E-state index in [-0.39, 0.29) is 29.1 Å². The fourth-order valence-electron chi connectivity index (χ4n) is 2.89. The van der Waals surface area contributed by atoms with Crippen LogP contribution < -0.4 is 9.64 Å². The zero-order chi connectivity index (χ0) is 22.1. The molecule has 0 aromatic heterocycles. The van der Waals surface area contributed by atoms with Gasteiger partial charge in [0, 0.05) is 5.41 Å². The molecule has 2 amide bonds. The lowest BCUT2D eigenvalue weighted by Crippen LogP contribution is -2.29. The van der Waals surface area contributed by atoms with E-state index in [2.05, 4.69) is 0 Å². The number of nitrogens with zero attached hydrogens (tertiary/aromatic N) is 1. The van der Waals surface area contributed by atoms with E-state index in [0.717, 1.165) is 4.90 Å². The van der Waals surface area contributed by atoms with Crippen molar-refractivity contribution in [2.45, 2.75) is 27.7 Å². The Morgan fingerprint density at radius 2 is 1.57 bits per heavy atom. The van der Waals surface area contributed by atoms with Crippen LogP contribution in [0.5, 0.6) is 5.75 Å². The number of esters is 1. The smallest absolute Gasteiger partial charge is 0.338 e. The Morgan fingerprint density at radius 1 is 0.933 bits per heavy atom. The Labute approximate surface area is 174 Å². The summed E-state index contributed by atoms with van der Waals surface area (Å²) < 4.78 is 10.5. The van der Waals surface area contributed by atoms with Gasteiger partial charge < -0.3 is 9.47 Å². The van der Waals surface area contributed by atoms with Gasteiger partial charge in [0.15, 0.2) is 12.4 Å². The number of amides is 2.